The summed E-state index contributed by atoms with van der Waals surface area (Å²) in [5.74, 6) is 1.33. The van der Waals surface area contributed by atoms with Gasteiger partial charge in [-0.15, -0.1) is 0 Å². The predicted molar refractivity (Wildman–Crippen MR) is 195 cm³/mol. The van der Waals surface area contributed by atoms with Crippen LogP contribution in [0.3, 0.4) is 0 Å². The molecular weight excluding hydrogens is 587 g/mol. The Hall–Kier alpha value is -6.33. The number of fused-ring (bicyclic) bond motifs is 1. The van der Waals surface area contributed by atoms with Crippen LogP contribution in [0.5, 0.6) is 0 Å². The molecule has 3 heterocycles. The number of hydrogen-bond donors (Lipinski definition) is 0. The van der Waals surface area contributed by atoms with Crippen molar-refractivity contribution in [3.05, 3.63) is 163 Å². The first-order valence-corrected chi connectivity index (χ1v) is 16.0. The van der Waals surface area contributed by atoms with E-state index in [1.54, 1.807) is 0 Å². The van der Waals surface area contributed by atoms with Gasteiger partial charge in [0.15, 0.2) is 11.6 Å². The number of benzene rings is 5. The second-order valence-electron chi connectivity index (χ2n) is 11.9. The van der Waals surface area contributed by atoms with Crippen LogP contribution in [0.1, 0.15) is 11.4 Å². The van der Waals surface area contributed by atoms with Crippen LogP contribution in [-0.4, -0.2) is 24.9 Å². The van der Waals surface area contributed by atoms with Gasteiger partial charge in [0.2, 0.25) is 0 Å². The smallest absolute Gasteiger partial charge is 0.161 e. The quantitative estimate of drug-likeness (QED) is 0.186. The first-order valence-electron chi connectivity index (χ1n) is 16.0. The van der Waals surface area contributed by atoms with E-state index < -0.39 is 0 Å². The van der Waals surface area contributed by atoms with Crippen LogP contribution in [0.2, 0.25) is 0 Å². The Balaban J connectivity index is 1.33. The fourth-order valence-electron chi connectivity index (χ4n) is 6.18. The Bertz CT molecular complexity index is 2320. The first kappa shape index (κ1) is 29.1. The Morgan fingerprint density at radius 1 is 0.375 bits per heavy atom. The molecule has 8 aromatic rings. The molecule has 5 aromatic carbocycles. The summed E-state index contributed by atoms with van der Waals surface area (Å²) in [5, 5.41) is 2.37. The zero-order chi connectivity index (χ0) is 32.5. The van der Waals surface area contributed by atoms with Gasteiger partial charge in [0, 0.05) is 45.4 Å². The molecule has 228 valence electrons. The zero-order valence-electron chi connectivity index (χ0n) is 26.7. The van der Waals surface area contributed by atoms with E-state index in [1.807, 2.05) is 74.6 Å². The predicted octanol–water partition coefficient (Wildman–Crippen LogP) is 10.4. The highest BCUT2D eigenvalue weighted by Gasteiger charge is 2.15. The minimum atomic E-state index is 0.652. The minimum Gasteiger partial charge on any atom is -0.255 e. The number of nitrogens with zero attached hydrogens (tertiary/aromatic N) is 5. The highest BCUT2D eigenvalue weighted by Crippen LogP contribution is 2.36. The zero-order valence-corrected chi connectivity index (χ0v) is 26.7. The maximum absolute atomic E-state index is 5.15. The van der Waals surface area contributed by atoms with E-state index in [2.05, 4.69) is 101 Å². The van der Waals surface area contributed by atoms with Gasteiger partial charge in [-0.1, -0.05) is 103 Å². The highest BCUT2D eigenvalue weighted by molar-refractivity contribution is 5.98. The van der Waals surface area contributed by atoms with E-state index in [4.69, 9.17) is 15.0 Å². The Morgan fingerprint density at radius 2 is 0.958 bits per heavy atom. The van der Waals surface area contributed by atoms with Gasteiger partial charge >= 0.3 is 0 Å². The minimum absolute atomic E-state index is 0.652. The van der Waals surface area contributed by atoms with E-state index in [0.29, 0.717) is 11.6 Å². The van der Waals surface area contributed by atoms with Crippen LogP contribution < -0.4 is 0 Å². The molecule has 48 heavy (non-hydrogen) atoms. The lowest BCUT2D eigenvalue weighted by Gasteiger charge is -2.14. The van der Waals surface area contributed by atoms with Crippen molar-refractivity contribution >= 4 is 10.8 Å². The van der Waals surface area contributed by atoms with Crippen molar-refractivity contribution in [2.24, 2.45) is 0 Å². The molecule has 0 aliphatic rings. The van der Waals surface area contributed by atoms with Gasteiger partial charge in [0.1, 0.15) is 0 Å². The molecule has 0 aliphatic heterocycles. The van der Waals surface area contributed by atoms with E-state index in [9.17, 15) is 0 Å². The lowest BCUT2D eigenvalue weighted by Crippen LogP contribution is -1.97. The molecule has 5 heteroatoms. The summed E-state index contributed by atoms with van der Waals surface area (Å²) in [6, 6.07) is 50.1. The molecule has 3 aromatic heterocycles. The van der Waals surface area contributed by atoms with Gasteiger partial charge in [-0.3, -0.25) is 4.98 Å². The largest absolute Gasteiger partial charge is 0.255 e. The third kappa shape index (κ3) is 5.85. The topological polar surface area (TPSA) is 64.5 Å². The van der Waals surface area contributed by atoms with Crippen molar-refractivity contribution in [1.29, 1.82) is 0 Å². The molecule has 0 unspecified atom stereocenters. The molecular formula is C43H31N5. The van der Waals surface area contributed by atoms with Crippen LogP contribution in [-0.2, 0) is 0 Å². The highest BCUT2D eigenvalue weighted by atomic mass is 14.9. The van der Waals surface area contributed by atoms with Gasteiger partial charge in [0.25, 0.3) is 0 Å². The van der Waals surface area contributed by atoms with Crippen molar-refractivity contribution in [2.75, 3.05) is 0 Å². The molecule has 8 rings (SSSR count). The second-order valence-corrected chi connectivity index (χ2v) is 11.9. The van der Waals surface area contributed by atoms with E-state index in [0.717, 1.165) is 67.4 Å². The van der Waals surface area contributed by atoms with Crippen molar-refractivity contribution in [3.8, 4) is 67.7 Å². The lowest BCUT2D eigenvalue weighted by molar-refractivity contribution is 1.06. The molecule has 5 nitrogen and oxygen atoms in total. The van der Waals surface area contributed by atoms with Crippen LogP contribution in [0.4, 0.5) is 0 Å². The van der Waals surface area contributed by atoms with Gasteiger partial charge in [0.05, 0.1) is 17.1 Å². The fourth-order valence-corrected chi connectivity index (χ4v) is 6.18. The van der Waals surface area contributed by atoms with E-state index in [-0.39, 0.29) is 0 Å². The molecule has 0 fully saturated rings. The molecule has 0 saturated carbocycles. The fraction of sp³-hybridized carbons (Fsp3) is 0.0465. The molecule has 0 aliphatic carbocycles. The molecule has 0 N–H and O–H groups in total. The summed E-state index contributed by atoms with van der Waals surface area (Å²) in [7, 11) is 0. The molecule has 0 saturated heterocycles. The van der Waals surface area contributed by atoms with Gasteiger partial charge in [-0.25, -0.2) is 19.9 Å². The van der Waals surface area contributed by atoms with Crippen LogP contribution in [0.25, 0.3) is 78.4 Å². The van der Waals surface area contributed by atoms with Gasteiger partial charge < -0.3 is 0 Å². The van der Waals surface area contributed by atoms with Crippen LogP contribution in [0.15, 0.2) is 152 Å². The average molecular weight is 618 g/mol. The lowest BCUT2D eigenvalue weighted by atomic mass is 9.94. The molecule has 0 radical (unpaired) electrons. The molecule has 0 spiro atoms. The van der Waals surface area contributed by atoms with Crippen molar-refractivity contribution in [2.45, 2.75) is 13.8 Å². The van der Waals surface area contributed by atoms with Crippen LogP contribution in [0, 0.1) is 13.8 Å². The van der Waals surface area contributed by atoms with Gasteiger partial charge in [-0.05, 0) is 78.2 Å². The first-order chi connectivity index (χ1) is 23.6. The standard InChI is InChI=1S/C43H31N5/c1-28-22-29(2)46-42(45-28)33-20-21-39(44-27-33)35-23-34(38-19-11-17-30-12-9-10-18-37(30)38)24-36(25-35)43-47-40(31-13-5-3-6-14-31)26-41(48-43)32-15-7-4-8-16-32/h3-27H,1-2H3. The average Bonchev–Trinajstić information content (AvgIpc) is 3.14. The summed E-state index contributed by atoms with van der Waals surface area (Å²) >= 11 is 0. The monoisotopic (exact) mass is 617 g/mol. The number of rotatable bonds is 6. The Labute approximate surface area is 279 Å². The number of aromatic nitrogens is 5. The van der Waals surface area contributed by atoms with E-state index >= 15 is 0 Å². The van der Waals surface area contributed by atoms with Crippen molar-refractivity contribution in [1.82, 2.24) is 24.9 Å². The number of pyridine rings is 1. The van der Waals surface area contributed by atoms with Crippen LogP contribution >= 0.6 is 0 Å². The summed E-state index contributed by atoms with van der Waals surface area (Å²) in [6.45, 7) is 3.97. The third-order valence-corrected chi connectivity index (χ3v) is 8.46. The second kappa shape index (κ2) is 12.5. The van der Waals surface area contributed by atoms with Crippen molar-refractivity contribution in [3.63, 3.8) is 0 Å². The molecule has 0 atom stereocenters. The Kier molecular flexibility index (Phi) is 7.55. The van der Waals surface area contributed by atoms with E-state index in [1.165, 1.54) is 10.8 Å². The Morgan fingerprint density at radius 3 is 1.62 bits per heavy atom. The summed E-state index contributed by atoms with van der Waals surface area (Å²) in [5.41, 5.74) is 11.5. The normalized spacial score (nSPS) is 11.1. The molecule has 0 bridgehead atoms. The number of hydrogen-bond acceptors (Lipinski definition) is 5. The summed E-state index contributed by atoms with van der Waals surface area (Å²) < 4.78 is 0. The van der Waals surface area contributed by atoms with Crippen molar-refractivity contribution < 1.29 is 0 Å². The number of aryl methyl sites for hydroxylation is 2. The summed E-state index contributed by atoms with van der Waals surface area (Å²) in [6.07, 6.45) is 1.86. The summed E-state index contributed by atoms with van der Waals surface area (Å²) in [4.78, 5) is 24.5. The SMILES string of the molecule is Cc1cc(C)nc(-c2ccc(-c3cc(-c4nc(-c5ccccc5)cc(-c5ccccc5)n4)cc(-c4cccc5ccccc45)c3)nc2)n1. The third-order valence-electron chi connectivity index (χ3n) is 8.46. The van der Waals surface area contributed by atoms with Gasteiger partial charge in [-0.2, -0.15) is 0 Å². The maximum Gasteiger partial charge on any atom is 0.161 e. The molecule has 0 amide bonds. The maximum atomic E-state index is 5.15.